The van der Waals surface area contributed by atoms with Gasteiger partial charge in [-0.05, 0) is 18.2 Å². The number of aromatic nitrogens is 2. The van der Waals surface area contributed by atoms with Gasteiger partial charge >= 0.3 is 0 Å². The van der Waals surface area contributed by atoms with Crippen molar-refractivity contribution in [2.24, 2.45) is 0 Å². The monoisotopic (exact) mass is 346 g/mol. The average Bonchev–Trinajstić information content (AvgIpc) is 2.43. The maximum absolute atomic E-state index is 12.1. The number of hydrogen-bond donors (Lipinski definition) is 1. The molecule has 1 aromatic heterocycles. The van der Waals surface area contributed by atoms with E-state index >= 15 is 0 Å². The lowest BCUT2D eigenvalue weighted by Gasteiger charge is -2.07. The second-order valence-corrected chi connectivity index (χ2v) is 4.93. The summed E-state index contributed by atoms with van der Waals surface area (Å²) in [6.07, 6.45) is 0. The SMILES string of the molecule is O=C(Nc1ccc(Cl)cc1[N+](=O)[O-])c1cc(Cl)nnc1Cl. The number of rotatable bonds is 3. The molecule has 0 bridgehead atoms. The number of carbonyl (C=O) groups is 1. The highest BCUT2D eigenvalue weighted by molar-refractivity contribution is 6.34. The molecule has 0 aliphatic heterocycles. The van der Waals surface area contributed by atoms with Gasteiger partial charge in [-0.25, -0.2) is 0 Å². The Hall–Kier alpha value is -1.96. The lowest BCUT2D eigenvalue weighted by molar-refractivity contribution is -0.383. The van der Waals surface area contributed by atoms with Crippen molar-refractivity contribution in [1.29, 1.82) is 0 Å². The highest BCUT2D eigenvalue weighted by atomic mass is 35.5. The maximum atomic E-state index is 12.1. The summed E-state index contributed by atoms with van der Waals surface area (Å²) in [7, 11) is 0. The molecule has 0 radical (unpaired) electrons. The number of halogens is 3. The quantitative estimate of drug-likeness (QED) is 0.675. The Morgan fingerprint density at radius 3 is 2.57 bits per heavy atom. The van der Waals surface area contributed by atoms with Crippen molar-refractivity contribution in [2.45, 2.75) is 0 Å². The molecule has 1 amide bonds. The molecule has 10 heteroatoms. The van der Waals surface area contributed by atoms with Gasteiger partial charge in [0, 0.05) is 11.1 Å². The van der Waals surface area contributed by atoms with Crippen LogP contribution in [0.2, 0.25) is 15.3 Å². The van der Waals surface area contributed by atoms with Gasteiger partial charge in [-0.1, -0.05) is 34.8 Å². The summed E-state index contributed by atoms with van der Waals surface area (Å²) in [5.41, 5.74) is -0.431. The van der Waals surface area contributed by atoms with Crippen molar-refractivity contribution < 1.29 is 9.72 Å². The van der Waals surface area contributed by atoms with Crippen LogP contribution in [0, 0.1) is 10.1 Å². The van der Waals surface area contributed by atoms with Crippen molar-refractivity contribution in [3.8, 4) is 0 Å². The van der Waals surface area contributed by atoms with Gasteiger partial charge in [0.2, 0.25) is 0 Å². The van der Waals surface area contributed by atoms with Crippen LogP contribution in [0.15, 0.2) is 24.3 Å². The van der Waals surface area contributed by atoms with Crippen molar-refractivity contribution in [3.63, 3.8) is 0 Å². The fraction of sp³-hybridized carbons (Fsp3) is 0. The van der Waals surface area contributed by atoms with E-state index in [4.69, 9.17) is 34.8 Å². The Morgan fingerprint density at radius 2 is 1.90 bits per heavy atom. The molecule has 0 spiro atoms. The van der Waals surface area contributed by atoms with Gasteiger partial charge in [0.05, 0.1) is 10.5 Å². The highest BCUT2D eigenvalue weighted by Crippen LogP contribution is 2.28. The number of hydrogen-bond acceptors (Lipinski definition) is 5. The van der Waals surface area contributed by atoms with Crippen LogP contribution >= 0.6 is 34.8 Å². The largest absolute Gasteiger partial charge is 0.316 e. The highest BCUT2D eigenvalue weighted by Gasteiger charge is 2.19. The Kier molecular flexibility index (Phi) is 4.56. The van der Waals surface area contributed by atoms with E-state index in [9.17, 15) is 14.9 Å². The van der Waals surface area contributed by atoms with Crippen LogP contribution in [0.5, 0.6) is 0 Å². The molecule has 0 aliphatic rings. The minimum atomic E-state index is -0.706. The zero-order chi connectivity index (χ0) is 15.6. The average molecular weight is 348 g/mol. The molecule has 2 rings (SSSR count). The predicted octanol–water partition coefficient (Wildman–Crippen LogP) is 3.60. The number of anilines is 1. The summed E-state index contributed by atoms with van der Waals surface area (Å²) in [5.74, 6) is -0.706. The second-order valence-electron chi connectivity index (χ2n) is 3.74. The third-order valence-electron chi connectivity index (χ3n) is 2.37. The topological polar surface area (TPSA) is 98.0 Å². The van der Waals surface area contributed by atoms with Crippen LogP contribution in [0.25, 0.3) is 0 Å². The third kappa shape index (κ3) is 3.57. The first-order valence-corrected chi connectivity index (χ1v) is 6.46. The summed E-state index contributed by atoms with van der Waals surface area (Å²) in [5, 5.41) is 20.2. The Bertz CT molecular complexity index is 739. The molecule has 1 N–H and O–H groups in total. The van der Waals surface area contributed by atoms with Crippen LogP contribution in [-0.2, 0) is 0 Å². The van der Waals surface area contributed by atoms with Gasteiger partial charge in [0.25, 0.3) is 11.6 Å². The number of amides is 1. The Labute approximate surface area is 133 Å². The van der Waals surface area contributed by atoms with E-state index in [1.165, 1.54) is 18.2 Å². The van der Waals surface area contributed by atoms with E-state index in [1.807, 2.05) is 0 Å². The standard InChI is InChI=1S/C11H5Cl3N4O3/c12-5-1-2-7(8(3-5)18(20)21)15-11(19)6-4-9(13)16-17-10(6)14/h1-4H,(H,15,19). The van der Waals surface area contributed by atoms with Crippen molar-refractivity contribution in [1.82, 2.24) is 10.2 Å². The van der Waals surface area contributed by atoms with E-state index in [0.717, 1.165) is 6.07 Å². The summed E-state index contributed by atoms with van der Waals surface area (Å²) in [6.45, 7) is 0. The zero-order valence-electron chi connectivity index (χ0n) is 10.0. The van der Waals surface area contributed by atoms with Crippen molar-refractivity contribution in [3.05, 3.63) is 55.3 Å². The van der Waals surface area contributed by atoms with Gasteiger partial charge in [-0.15, -0.1) is 10.2 Å². The van der Waals surface area contributed by atoms with Crippen molar-refractivity contribution in [2.75, 3.05) is 5.32 Å². The molecule has 0 fully saturated rings. The number of nitrogens with zero attached hydrogens (tertiary/aromatic N) is 3. The minimum absolute atomic E-state index is 0.0293. The smallest absolute Gasteiger partial charge is 0.294 e. The van der Waals surface area contributed by atoms with Gasteiger partial charge in [-0.3, -0.25) is 14.9 Å². The maximum Gasteiger partial charge on any atom is 0.294 e. The first-order valence-electron chi connectivity index (χ1n) is 5.32. The molecule has 0 atom stereocenters. The molecule has 7 nitrogen and oxygen atoms in total. The number of nitro benzene ring substituents is 1. The molecule has 21 heavy (non-hydrogen) atoms. The fourth-order valence-corrected chi connectivity index (χ4v) is 1.95. The van der Waals surface area contributed by atoms with Crippen LogP contribution in [0.1, 0.15) is 10.4 Å². The Morgan fingerprint density at radius 1 is 1.19 bits per heavy atom. The summed E-state index contributed by atoms with van der Waals surface area (Å²) >= 11 is 17.1. The first-order chi connectivity index (χ1) is 9.88. The van der Waals surface area contributed by atoms with E-state index in [1.54, 1.807) is 0 Å². The molecule has 1 aromatic carbocycles. The van der Waals surface area contributed by atoms with Crippen molar-refractivity contribution >= 4 is 52.1 Å². The summed E-state index contributed by atoms with van der Waals surface area (Å²) in [6, 6.07) is 5.04. The zero-order valence-corrected chi connectivity index (χ0v) is 12.3. The van der Waals surface area contributed by atoms with E-state index in [-0.39, 0.29) is 32.3 Å². The number of nitro groups is 1. The normalized spacial score (nSPS) is 10.2. The van der Waals surface area contributed by atoms with E-state index in [2.05, 4.69) is 15.5 Å². The third-order valence-corrected chi connectivity index (χ3v) is 3.07. The van der Waals surface area contributed by atoms with Gasteiger partial charge in [0.15, 0.2) is 10.3 Å². The molecule has 108 valence electrons. The molecule has 0 saturated carbocycles. The van der Waals surface area contributed by atoms with Crippen LogP contribution in [0.4, 0.5) is 11.4 Å². The number of carbonyl (C=O) groups excluding carboxylic acids is 1. The first kappa shape index (κ1) is 15.4. The molecule has 0 saturated heterocycles. The molecular weight excluding hydrogens is 343 g/mol. The molecule has 1 heterocycles. The summed E-state index contributed by atoms with van der Waals surface area (Å²) < 4.78 is 0. The molecule has 0 unspecified atom stereocenters. The van der Waals surface area contributed by atoms with Gasteiger partial charge in [-0.2, -0.15) is 0 Å². The number of nitrogens with one attached hydrogen (secondary N) is 1. The van der Waals surface area contributed by atoms with Crippen LogP contribution in [0.3, 0.4) is 0 Å². The van der Waals surface area contributed by atoms with Crippen LogP contribution < -0.4 is 5.32 Å². The van der Waals surface area contributed by atoms with E-state index in [0.29, 0.717) is 0 Å². The van der Waals surface area contributed by atoms with Gasteiger partial charge < -0.3 is 5.32 Å². The molecular formula is C11H5Cl3N4O3. The van der Waals surface area contributed by atoms with E-state index < -0.39 is 10.8 Å². The second kappa shape index (κ2) is 6.21. The predicted molar refractivity (Wildman–Crippen MR) is 78.1 cm³/mol. The molecule has 2 aromatic rings. The lowest BCUT2D eigenvalue weighted by Crippen LogP contribution is -2.14. The minimum Gasteiger partial charge on any atom is -0.316 e. The Balaban J connectivity index is 2.36. The van der Waals surface area contributed by atoms with Crippen LogP contribution in [-0.4, -0.2) is 21.0 Å². The lowest BCUT2D eigenvalue weighted by atomic mass is 10.2. The van der Waals surface area contributed by atoms with Gasteiger partial charge in [0.1, 0.15) is 5.69 Å². The molecule has 0 aliphatic carbocycles. The number of benzene rings is 1. The fourth-order valence-electron chi connectivity index (χ4n) is 1.46. The summed E-state index contributed by atoms with van der Waals surface area (Å²) in [4.78, 5) is 22.3.